The number of hydrogen-bond acceptors (Lipinski definition) is 3. The van der Waals surface area contributed by atoms with E-state index >= 15 is 0 Å². The van der Waals surface area contributed by atoms with Crippen LogP contribution in [-0.2, 0) is 0 Å². The summed E-state index contributed by atoms with van der Waals surface area (Å²) in [5.74, 6) is 4.43. The minimum absolute atomic E-state index is 0.0758. The molecule has 0 heterocycles. The first-order chi connectivity index (χ1) is 10.4. The monoisotopic (exact) mass is 341 g/mol. The highest BCUT2D eigenvalue weighted by molar-refractivity contribution is 6.42. The maximum atomic E-state index is 13.8. The molecule has 0 saturated carbocycles. The second-order valence-electron chi connectivity index (χ2n) is 4.30. The van der Waals surface area contributed by atoms with Crippen molar-refractivity contribution in [3.05, 3.63) is 69.8 Å². The summed E-state index contributed by atoms with van der Waals surface area (Å²) in [6.45, 7) is 3.37. The zero-order valence-electron chi connectivity index (χ0n) is 11.2. The van der Waals surface area contributed by atoms with Crippen LogP contribution in [0.1, 0.15) is 5.56 Å². The summed E-state index contributed by atoms with van der Waals surface area (Å²) in [5, 5.41) is 1.90. The van der Waals surface area contributed by atoms with Crippen LogP contribution in [-0.4, -0.2) is 6.72 Å². The Kier molecular flexibility index (Phi) is 5.13. The molecule has 0 atom stereocenters. The molecular formula is C15H11Cl2F2N3. The molecule has 0 saturated heterocycles. The first-order valence-corrected chi connectivity index (χ1v) is 6.81. The van der Waals surface area contributed by atoms with Crippen molar-refractivity contribution in [2.45, 2.75) is 0 Å². The van der Waals surface area contributed by atoms with E-state index in [-0.39, 0.29) is 11.3 Å². The minimum Gasteiger partial charge on any atom is -0.285 e. The lowest BCUT2D eigenvalue weighted by Crippen LogP contribution is -2.24. The van der Waals surface area contributed by atoms with Crippen molar-refractivity contribution in [1.82, 2.24) is 0 Å². The zero-order valence-corrected chi connectivity index (χ0v) is 12.7. The van der Waals surface area contributed by atoms with E-state index in [1.807, 2.05) is 0 Å². The zero-order chi connectivity index (χ0) is 16.3. The number of anilines is 1. The number of halogens is 4. The molecule has 114 valence electrons. The maximum absolute atomic E-state index is 13.8. The second kappa shape index (κ2) is 6.87. The lowest BCUT2D eigenvalue weighted by Gasteiger charge is -2.16. The van der Waals surface area contributed by atoms with Crippen molar-refractivity contribution in [3.8, 4) is 0 Å². The van der Waals surface area contributed by atoms with Gasteiger partial charge in [-0.25, -0.2) is 14.6 Å². The molecule has 0 bridgehead atoms. The molecule has 0 aliphatic rings. The van der Waals surface area contributed by atoms with E-state index in [0.29, 0.717) is 15.7 Å². The Morgan fingerprint density at radius 2 is 1.86 bits per heavy atom. The van der Waals surface area contributed by atoms with Gasteiger partial charge in [0.1, 0.15) is 11.6 Å². The Balaban J connectivity index is 2.39. The van der Waals surface area contributed by atoms with Crippen molar-refractivity contribution in [2.24, 2.45) is 10.8 Å². The highest BCUT2D eigenvalue weighted by Crippen LogP contribution is 2.27. The van der Waals surface area contributed by atoms with Crippen LogP contribution >= 0.6 is 23.2 Å². The van der Waals surface area contributed by atoms with Gasteiger partial charge in [-0.15, -0.1) is 0 Å². The van der Waals surface area contributed by atoms with E-state index in [9.17, 15) is 8.78 Å². The van der Waals surface area contributed by atoms with Gasteiger partial charge in [-0.05, 0) is 37.0 Å². The van der Waals surface area contributed by atoms with Gasteiger partial charge in [0, 0.05) is 17.8 Å². The molecule has 0 aromatic heterocycles. The summed E-state index contributed by atoms with van der Waals surface area (Å²) in [6.07, 6.45) is 1.35. The predicted molar refractivity (Wildman–Crippen MR) is 87.0 cm³/mol. The molecule has 0 unspecified atom stereocenters. The molecule has 2 aromatic rings. The Labute approximate surface area is 136 Å². The fraction of sp³-hybridized carbons (Fsp3) is 0. The number of aliphatic imine (C=N–C) groups is 1. The van der Waals surface area contributed by atoms with E-state index < -0.39 is 11.6 Å². The molecule has 22 heavy (non-hydrogen) atoms. The van der Waals surface area contributed by atoms with Gasteiger partial charge >= 0.3 is 0 Å². The van der Waals surface area contributed by atoms with Crippen molar-refractivity contribution >= 4 is 41.3 Å². The van der Waals surface area contributed by atoms with E-state index in [4.69, 9.17) is 29.0 Å². The number of nitrogens with two attached hydrogens (primary N) is 1. The minimum atomic E-state index is -0.763. The van der Waals surface area contributed by atoms with E-state index in [2.05, 4.69) is 11.7 Å². The highest BCUT2D eigenvalue weighted by Gasteiger charge is 2.10. The average Bonchev–Trinajstić information content (AvgIpc) is 2.48. The molecule has 0 aliphatic heterocycles. The predicted octanol–water partition coefficient (Wildman–Crippen LogP) is 4.65. The number of nitrogens with zero attached hydrogens (tertiary/aromatic N) is 2. The quantitative estimate of drug-likeness (QED) is 0.499. The van der Waals surface area contributed by atoms with E-state index in [1.54, 1.807) is 18.2 Å². The van der Waals surface area contributed by atoms with Gasteiger partial charge in [0.05, 0.1) is 21.4 Å². The molecule has 2 rings (SSSR count). The fourth-order valence-electron chi connectivity index (χ4n) is 1.74. The van der Waals surface area contributed by atoms with Crippen molar-refractivity contribution < 1.29 is 8.78 Å². The van der Waals surface area contributed by atoms with Crippen LogP contribution in [0.15, 0.2) is 47.6 Å². The summed E-state index contributed by atoms with van der Waals surface area (Å²) < 4.78 is 26.7. The first kappa shape index (κ1) is 16.4. The third kappa shape index (κ3) is 3.62. The summed E-state index contributed by atoms with van der Waals surface area (Å²) in [6, 6.07) is 7.89. The lowest BCUT2D eigenvalue weighted by molar-refractivity contribution is 0.581. The van der Waals surface area contributed by atoms with Crippen molar-refractivity contribution in [2.75, 3.05) is 5.01 Å². The van der Waals surface area contributed by atoms with Gasteiger partial charge in [-0.3, -0.25) is 10.0 Å². The molecule has 0 spiro atoms. The second-order valence-corrected chi connectivity index (χ2v) is 5.12. The SMILES string of the molecule is C=N/C(=C\N(N)c1ccc(Cl)c(Cl)c1)c1ccc(F)cc1F. The Hall–Kier alpha value is -1.95. The van der Waals surface area contributed by atoms with Crippen molar-refractivity contribution in [1.29, 1.82) is 0 Å². The maximum Gasteiger partial charge on any atom is 0.135 e. The number of hydrazine groups is 1. The van der Waals surface area contributed by atoms with Crippen LogP contribution in [0.5, 0.6) is 0 Å². The average molecular weight is 342 g/mol. The molecule has 2 N–H and O–H groups in total. The summed E-state index contributed by atoms with van der Waals surface area (Å²) in [5.41, 5.74) is 0.732. The third-order valence-corrected chi connectivity index (χ3v) is 3.58. The molecule has 7 heteroatoms. The highest BCUT2D eigenvalue weighted by atomic mass is 35.5. The van der Waals surface area contributed by atoms with E-state index in [0.717, 1.165) is 12.1 Å². The summed E-state index contributed by atoms with van der Waals surface area (Å²) in [7, 11) is 0. The smallest absolute Gasteiger partial charge is 0.135 e. The van der Waals surface area contributed by atoms with Crippen LogP contribution in [0.3, 0.4) is 0 Å². The largest absolute Gasteiger partial charge is 0.285 e. The number of benzene rings is 2. The Morgan fingerprint density at radius 1 is 1.14 bits per heavy atom. The van der Waals surface area contributed by atoms with Crippen molar-refractivity contribution in [3.63, 3.8) is 0 Å². The number of rotatable bonds is 4. The Morgan fingerprint density at radius 3 is 2.45 bits per heavy atom. The van der Waals surface area contributed by atoms with Gasteiger partial charge in [-0.1, -0.05) is 23.2 Å². The topological polar surface area (TPSA) is 41.6 Å². The van der Waals surface area contributed by atoms with Crippen LogP contribution in [0.4, 0.5) is 14.5 Å². The fourth-order valence-corrected chi connectivity index (χ4v) is 2.04. The number of hydrogen-bond donors (Lipinski definition) is 1. The first-order valence-electron chi connectivity index (χ1n) is 6.05. The molecule has 3 nitrogen and oxygen atoms in total. The molecule has 2 aromatic carbocycles. The van der Waals surface area contributed by atoms with E-state index in [1.165, 1.54) is 17.3 Å². The molecular weight excluding hydrogens is 331 g/mol. The summed E-state index contributed by atoms with van der Waals surface area (Å²) in [4.78, 5) is 3.72. The van der Waals surface area contributed by atoms with Crippen LogP contribution in [0.25, 0.3) is 5.70 Å². The molecule has 0 aliphatic carbocycles. The molecule has 0 fully saturated rings. The normalized spacial score (nSPS) is 11.4. The Bertz CT molecular complexity index is 748. The van der Waals surface area contributed by atoms with Gasteiger partial charge in [-0.2, -0.15) is 0 Å². The molecule has 0 radical (unpaired) electrons. The van der Waals surface area contributed by atoms with Crippen LogP contribution in [0.2, 0.25) is 10.0 Å². The van der Waals surface area contributed by atoms with Crippen LogP contribution in [0, 0.1) is 11.6 Å². The van der Waals surface area contributed by atoms with Gasteiger partial charge in [0.2, 0.25) is 0 Å². The summed E-state index contributed by atoms with van der Waals surface area (Å²) >= 11 is 11.7. The third-order valence-electron chi connectivity index (χ3n) is 2.84. The lowest BCUT2D eigenvalue weighted by atomic mass is 10.1. The molecule has 0 amide bonds. The van der Waals surface area contributed by atoms with Crippen LogP contribution < -0.4 is 10.9 Å². The van der Waals surface area contributed by atoms with Gasteiger partial charge in [0.15, 0.2) is 0 Å². The standard InChI is InChI=1S/C15H11Cl2F2N3/c1-21-15(11-4-2-9(18)6-14(11)19)8-22(20)10-3-5-12(16)13(17)7-10/h2-8H,1,20H2/b15-8-. The van der Waals surface area contributed by atoms with Gasteiger partial charge < -0.3 is 0 Å². The van der Waals surface area contributed by atoms with Gasteiger partial charge in [0.25, 0.3) is 0 Å².